The van der Waals surface area contributed by atoms with Gasteiger partial charge < -0.3 is 15.4 Å². The number of hydrogen-bond acceptors (Lipinski definition) is 3. The Labute approximate surface area is 185 Å². The van der Waals surface area contributed by atoms with E-state index in [-0.39, 0.29) is 11.9 Å². The van der Waals surface area contributed by atoms with E-state index in [1.54, 1.807) is 20.8 Å². The zero-order valence-electron chi connectivity index (χ0n) is 19.0. The first-order valence-electron chi connectivity index (χ1n) is 10.6. The zero-order chi connectivity index (χ0) is 22.9. The van der Waals surface area contributed by atoms with Crippen molar-refractivity contribution in [3.8, 4) is 0 Å². The standard InChI is InChI=1S/C26H34N2O3/c1-19(2)16-22(17-20-12-8-6-9-13-20)27-24(29)23(18-21-14-10-7-11-15-21)28-25(30)31-26(3,4)5/h6-15,22-23H,1,16-18H2,2-5H3,(H,27,29)(H,28,30)/t22?,23-/m0/s1. The topological polar surface area (TPSA) is 67.4 Å². The Morgan fingerprint density at radius 2 is 1.42 bits per heavy atom. The van der Waals surface area contributed by atoms with Gasteiger partial charge >= 0.3 is 6.09 Å². The first kappa shape index (κ1) is 24.2. The molecule has 0 heterocycles. The summed E-state index contributed by atoms with van der Waals surface area (Å²) in [6.07, 6.45) is 1.11. The normalized spacial score (nSPS) is 13.0. The van der Waals surface area contributed by atoms with Gasteiger partial charge in [0.25, 0.3) is 0 Å². The highest BCUT2D eigenvalue weighted by atomic mass is 16.6. The van der Waals surface area contributed by atoms with Gasteiger partial charge in [-0.05, 0) is 51.7 Å². The lowest BCUT2D eigenvalue weighted by atomic mass is 9.99. The summed E-state index contributed by atoms with van der Waals surface area (Å²) in [4.78, 5) is 25.6. The molecule has 31 heavy (non-hydrogen) atoms. The minimum atomic E-state index is -0.749. The van der Waals surface area contributed by atoms with Gasteiger partial charge in [-0.2, -0.15) is 0 Å². The third-order valence-corrected chi connectivity index (χ3v) is 4.56. The molecule has 5 nitrogen and oxygen atoms in total. The van der Waals surface area contributed by atoms with Crippen molar-refractivity contribution in [2.24, 2.45) is 0 Å². The average Bonchev–Trinajstić information content (AvgIpc) is 2.67. The summed E-state index contributed by atoms with van der Waals surface area (Å²) in [7, 11) is 0. The van der Waals surface area contributed by atoms with E-state index in [2.05, 4.69) is 17.2 Å². The Morgan fingerprint density at radius 3 is 1.90 bits per heavy atom. The second-order valence-corrected chi connectivity index (χ2v) is 8.95. The van der Waals surface area contributed by atoms with Crippen molar-refractivity contribution in [2.45, 2.75) is 64.6 Å². The first-order valence-corrected chi connectivity index (χ1v) is 10.6. The average molecular weight is 423 g/mol. The summed E-state index contributed by atoms with van der Waals surface area (Å²) in [6.45, 7) is 11.3. The Hall–Kier alpha value is -3.08. The summed E-state index contributed by atoms with van der Waals surface area (Å²) in [6, 6.07) is 18.8. The molecule has 5 heteroatoms. The van der Waals surface area contributed by atoms with Gasteiger partial charge in [-0.25, -0.2) is 4.79 Å². The Kier molecular flexibility index (Phi) is 8.86. The number of benzene rings is 2. The molecule has 2 N–H and O–H groups in total. The molecule has 0 radical (unpaired) electrons. The predicted octanol–water partition coefficient (Wildman–Crippen LogP) is 4.82. The molecule has 1 unspecified atom stereocenters. The molecule has 2 atom stereocenters. The van der Waals surface area contributed by atoms with E-state index in [1.807, 2.05) is 67.6 Å². The molecule has 0 aliphatic carbocycles. The molecule has 0 aromatic heterocycles. The third kappa shape index (κ3) is 9.51. The maximum absolute atomic E-state index is 13.2. The SMILES string of the molecule is C=C(C)CC(Cc1ccccc1)NC(=O)[C@H](Cc1ccccc1)NC(=O)OC(C)(C)C. The number of alkyl carbamates (subject to hydrolysis) is 1. The van der Waals surface area contributed by atoms with Gasteiger partial charge in [0.2, 0.25) is 5.91 Å². The fourth-order valence-electron chi connectivity index (χ4n) is 3.30. The van der Waals surface area contributed by atoms with E-state index in [1.165, 1.54) is 0 Å². The lowest BCUT2D eigenvalue weighted by molar-refractivity contribution is -0.123. The van der Waals surface area contributed by atoms with Crippen LogP contribution in [0.25, 0.3) is 0 Å². The molecule has 0 fully saturated rings. The van der Waals surface area contributed by atoms with E-state index in [0.29, 0.717) is 19.3 Å². The summed E-state index contributed by atoms with van der Waals surface area (Å²) < 4.78 is 5.38. The predicted molar refractivity (Wildman–Crippen MR) is 125 cm³/mol. The molecule has 0 bridgehead atoms. The Bertz CT molecular complexity index is 857. The fourth-order valence-corrected chi connectivity index (χ4v) is 3.30. The van der Waals surface area contributed by atoms with Crippen LogP contribution in [0, 0.1) is 0 Å². The van der Waals surface area contributed by atoms with Crippen molar-refractivity contribution in [3.63, 3.8) is 0 Å². The van der Waals surface area contributed by atoms with Crippen LogP contribution >= 0.6 is 0 Å². The molecule has 0 saturated heterocycles. The number of hydrogen-bond donors (Lipinski definition) is 2. The van der Waals surface area contributed by atoms with E-state index < -0.39 is 17.7 Å². The van der Waals surface area contributed by atoms with Crippen LogP contribution in [-0.2, 0) is 22.4 Å². The highest BCUT2D eigenvalue weighted by Gasteiger charge is 2.26. The van der Waals surface area contributed by atoms with Crippen LogP contribution in [0.3, 0.4) is 0 Å². The van der Waals surface area contributed by atoms with E-state index >= 15 is 0 Å². The molecule has 0 aliphatic heterocycles. The zero-order valence-corrected chi connectivity index (χ0v) is 19.0. The molecule has 2 rings (SSSR count). The van der Waals surface area contributed by atoms with Crippen molar-refractivity contribution in [3.05, 3.63) is 83.9 Å². The lowest BCUT2D eigenvalue weighted by Gasteiger charge is -2.26. The number of amides is 2. The maximum atomic E-state index is 13.2. The van der Waals surface area contributed by atoms with Crippen molar-refractivity contribution >= 4 is 12.0 Å². The lowest BCUT2D eigenvalue weighted by Crippen LogP contribution is -2.52. The number of rotatable bonds is 9. The number of ether oxygens (including phenoxy) is 1. The van der Waals surface area contributed by atoms with Crippen LogP contribution in [0.2, 0.25) is 0 Å². The van der Waals surface area contributed by atoms with E-state index in [0.717, 1.165) is 16.7 Å². The molecule has 0 saturated carbocycles. The third-order valence-electron chi connectivity index (χ3n) is 4.56. The van der Waals surface area contributed by atoms with Crippen LogP contribution in [0.1, 0.15) is 45.2 Å². The molecule has 166 valence electrons. The van der Waals surface area contributed by atoms with Crippen LogP contribution in [0.4, 0.5) is 4.79 Å². The minimum absolute atomic E-state index is 0.119. The summed E-state index contributed by atoms with van der Waals surface area (Å²) >= 11 is 0. The minimum Gasteiger partial charge on any atom is -0.444 e. The van der Waals surface area contributed by atoms with Crippen molar-refractivity contribution < 1.29 is 14.3 Å². The highest BCUT2D eigenvalue weighted by Crippen LogP contribution is 2.12. The molecule has 2 aromatic rings. The summed E-state index contributed by atoms with van der Waals surface area (Å²) in [5.41, 5.74) is 2.43. The van der Waals surface area contributed by atoms with Gasteiger partial charge in [-0.3, -0.25) is 4.79 Å². The molecular formula is C26H34N2O3. The van der Waals surface area contributed by atoms with Crippen LogP contribution < -0.4 is 10.6 Å². The largest absolute Gasteiger partial charge is 0.444 e. The van der Waals surface area contributed by atoms with Gasteiger partial charge in [0.15, 0.2) is 0 Å². The monoisotopic (exact) mass is 422 g/mol. The van der Waals surface area contributed by atoms with Gasteiger partial charge in [0.1, 0.15) is 11.6 Å². The fraction of sp³-hybridized carbons (Fsp3) is 0.385. The quantitative estimate of drug-likeness (QED) is 0.570. The molecule has 0 spiro atoms. The number of carbonyl (C=O) groups excluding carboxylic acids is 2. The van der Waals surface area contributed by atoms with Gasteiger partial charge in [0.05, 0.1) is 0 Å². The van der Waals surface area contributed by atoms with E-state index in [9.17, 15) is 9.59 Å². The van der Waals surface area contributed by atoms with E-state index in [4.69, 9.17) is 4.74 Å². The summed E-state index contributed by atoms with van der Waals surface area (Å²) in [5.74, 6) is -0.239. The van der Waals surface area contributed by atoms with Crippen LogP contribution in [0.15, 0.2) is 72.8 Å². The number of nitrogens with one attached hydrogen (secondary N) is 2. The van der Waals surface area contributed by atoms with Crippen LogP contribution in [0.5, 0.6) is 0 Å². The Morgan fingerprint density at radius 1 is 0.903 bits per heavy atom. The highest BCUT2D eigenvalue weighted by molar-refractivity contribution is 5.86. The first-order chi connectivity index (χ1) is 14.6. The summed E-state index contributed by atoms with van der Waals surface area (Å²) in [5, 5.41) is 5.86. The maximum Gasteiger partial charge on any atom is 0.408 e. The second kappa shape index (κ2) is 11.3. The van der Waals surface area contributed by atoms with Crippen molar-refractivity contribution in [2.75, 3.05) is 0 Å². The van der Waals surface area contributed by atoms with Crippen LogP contribution in [-0.4, -0.2) is 29.7 Å². The second-order valence-electron chi connectivity index (χ2n) is 8.95. The smallest absolute Gasteiger partial charge is 0.408 e. The molecular weight excluding hydrogens is 388 g/mol. The molecule has 2 amide bonds. The van der Waals surface area contributed by atoms with Crippen molar-refractivity contribution in [1.29, 1.82) is 0 Å². The molecule has 2 aromatic carbocycles. The van der Waals surface area contributed by atoms with Gasteiger partial charge in [-0.1, -0.05) is 66.2 Å². The van der Waals surface area contributed by atoms with Crippen molar-refractivity contribution in [1.82, 2.24) is 10.6 Å². The van der Waals surface area contributed by atoms with Gasteiger partial charge in [-0.15, -0.1) is 6.58 Å². The van der Waals surface area contributed by atoms with Gasteiger partial charge in [0, 0.05) is 12.5 Å². The molecule has 0 aliphatic rings. The number of carbonyl (C=O) groups is 2. The Balaban J connectivity index is 2.15.